The van der Waals surface area contributed by atoms with Crippen molar-refractivity contribution in [2.24, 2.45) is 0 Å². The third-order valence-corrected chi connectivity index (χ3v) is 8.33. The van der Waals surface area contributed by atoms with Crippen LogP contribution < -0.4 is 10.6 Å². The van der Waals surface area contributed by atoms with Gasteiger partial charge in [-0.1, -0.05) is 19.6 Å². The number of carbonyl (C=O) groups excluding carboxylic acids is 2. The van der Waals surface area contributed by atoms with Crippen molar-refractivity contribution in [1.29, 1.82) is 0 Å². The number of hydrogen-bond donors (Lipinski definition) is 2. The summed E-state index contributed by atoms with van der Waals surface area (Å²) in [6, 6.07) is 3.05. The number of rotatable bonds is 9. The number of ether oxygens (including phenoxy) is 2. The fourth-order valence-electron chi connectivity index (χ4n) is 4.52. The van der Waals surface area contributed by atoms with Crippen molar-refractivity contribution in [3.63, 3.8) is 0 Å². The van der Waals surface area contributed by atoms with Crippen molar-refractivity contribution in [1.82, 2.24) is 24.8 Å². The highest BCUT2D eigenvalue weighted by Crippen LogP contribution is 2.35. The number of fused-ring (bicyclic) bond motifs is 1. The van der Waals surface area contributed by atoms with Crippen molar-refractivity contribution < 1.29 is 23.5 Å². The van der Waals surface area contributed by atoms with E-state index < -0.39 is 13.7 Å². The molecule has 0 spiro atoms. The van der Waals surface area contributed by atoms with Gasteiger partial charge in [-0.15, -0.1) is 0 Å². The molecule has 11 nitrogen and oxygen atoms in total. The van der Waals surface area contributed by atoms with Crippen LogP contribution in [0.15, 0.2) is 29.1 Å². The lowest BCUT2D eigenvalue weighted by atomic mass is 10.0. The molecule has 0 radical (unpaired) electrons. The maximum atomic E-state index is 12.8. The molecule has 0 saturated carbocycles. The molecule has 1 atom stereocenters. The highest BCUT2D eigenvalue weighted by Gasteiger charge is 2.29. The smallest absolute Gasteiger partial charge is 0.410 e. The lowest BCUT2D eigenvalue weighted by Crippen LogP contribution is -2.47. The van der Waals surface area contributed by atoms with Crippen LogP contribution in [0.1, 0.15) is 44.2 Å². The molecule has 1 saturated heterocycles. The summed E-state index contributed by atoms with van der Waals surface area (Å²) in [5, 5.41) is 7.08. The van der Waals surface area contributed by atoms with Gasteiger partial charge in [0.25, 0.3) is 5.91 Å². The van der Waals surface area contributed by atoms with Crippen LogP contribution in [0.5, 0.6) is 0 Å². The molecule has 0 aliphatic carbocycles. The van der Waals surface area contributed by atoms with E-state index in [0.29, 0.717) is 32.0 Å². The van der Waals surface area contributed by atoms with Crippen LogP contribution in [0, 0.1) is 0 Å². The molecule has 3 aromatic rings. The Morgan fingerprint density at radius 2 is 1.98 bits per heavy atom. The van der Waals surface area contributed by atoms with Gasteiger partial charge in [0, 0.05) is 58.6 Å². The van der Waals surface area contributed by atoms with E-state index in [2.05, 4.69) is 35.3 Å². The fraction of sp³-hybridized carbons (Fsp3) is 0.571. The summed E-state index contributed by atoms with van der Waals surface area (Å²) in [6.07, 6.45) is 6.47. The maximum Gasteiger partial charge on any atom is 0.410 e. The fourth-order valence-corrected chi connectivity index (χ4v) is 5.28. The maximum absolute atomic E-state index is 12.8. The summed E-state index contributed by atoms with van der Waals surface area (Å²) in [5.74, 6) is 0.0457. The van der Waals surface area contributed by atoms with E-state index in [9.17, 15) is 9.59 Å². The van der Waals surface area contributed by atoms with Gasteiger partial charge in [0.15, 0.2) is 0 Å². The summed E-state index contributed by atoms with van der Waals surface area (Å²) in [7, 11) is 0.350. The van der Waals surface area contributed by atoms with E-state index in [1.54, 1.807) is 18.1 Å². The Kier molecular flexibility index (Phi) is 8.89. The first-order valence-corrected chi connectivity index (χ1v) is 17.5. The van der Waals surface area contributed by atoms with Crippen LogP contribution in [0.3, 0.4) is 0 Å². The third-order valence-electron chi connectivity index (χ3n) is 6.62. The van der Waals surface area contributed by atoms with Crippen LogP contribution >= 0.6 is 0 Å². The van der Waals surface area contributed by atoms with Gasteiger partial charge in [0.05, 0.1) is 17.4 Å². The van der Waals surface area contributed by atoms with E-state index in [1.165, 1.54) is 6.20 Å². The normalized spacial score (nSPS) is 16.3. The monoisotopic (exact) mass is 570 g/mol. The standard InChI is InChI=1S/C28H42N6O5Si/c1-28(2,3)39-27(36)33-11-8-9-19(17-33)32-23-20-10-12-34(18-37-13-14-40(5,6)7)24(20)30-15-21(23)26-31-16-22(38-26)25(35)29-4/h10,12,15-16,19H,8-9,11,13-14,17-18H2,1-7H3,(H,29,35)(H,30,32)/t19-/m1/s1. The second kappa shape index (κ2) is 12.0. The molecular weight excluding hydrogens is 528 g/mol. The Bertz CT molecular complexity index is 1340. The van der Waals surface area contributed by atoms with Crippen molar-refractivity contribution >= 4 is 36.8 Å². The third kappa shape index (κ3) is 7.42. The number of likely N-dealkylation sites (tertiary alicyclic amines) is 1. The second-order valence-corrected chi connectivity index (χ2v) is 18.1. The molecule has 4 rings (SSSR count). The van der Waals surface area contributed by atoms with Crippen LogP contribution in [0.4, 0.5) is 10.5 Å². The Labute approximate surface area is 236 Å². The van der Waals surface area contributed by atoms with Crippen molar-refractivity contribution in [2.75, 3.05) is 32.1 Å². The lowest BCUT2D eigenvalue weighted by Gasteiger charge is -2.35. The number of anilines is 1. The Morgan fingerprint density at radius 1 is 1.20 bits per heavy atom. The van der Waals surface area contributed by atoms with Crippen LogP contribution in [-0.4, -0.2) is 77.9 Å². The molecule has 40 heavy (non-hydrogen) atoms. The van der Waals surface area contributed by atoms with Crippen LogP contribution in [-0.2, 0) is 16.2 Å². The summed E-state index contributed by atoms with van der Waals surface area (Å²) >= 11 is 0. The molecule has 1 fully saturated rings. The zero-order valence-corrected chi connectivity index (χ0v) is 25.7. The lowest BCUT2D eigenvalue weighted by molar-refractivity contribution is 0.0206. The number of nitrogens with one attached hydrogen (secondary N) is 2. The second-order valence-electron chi connectivity index (χ2n) is 12.4. The van der Waals surface area contributed by atoms with E-state index >= 15 is 0 Å². The number of aromatic nitrogens is 3. The summed E-state index contributed by atoms with van der Waals surface area (Å²) in [5.41, 5.74) is 1.62. The molecule has 0 bridgehead atoms. The first-order chi connectivity index (χ1) is 18.8. The Balaban J connectivity index is 1.63. The Morgan fingerprint density at radius 3 is 2.67 bits per heavy atom. The molecule has 0 unspecified atom stereocenters. The molecular formula is C28H42N6O5Si. The van der Waals surface area contributed by atoms with Crippen LogP contribution in [0.25, 0.3) is 22.5 Å². The van der Waals surface area contributed by atoms with Crippen LogP contribution in [0.2, 0.25) is 25.7 Å². The number of amides is 2. The number of nitrogens with zero attached hydrogens (tertiary/aromatic N) is 4. The Hall–Kier alpha value is -3.38. The van der Waals surface area contributed by atoms with Gasteiger partial charge in [-0.05, 0) is 45.7 Å². The molecule has 218 valence electrons. The summed E-state index contributed by atoms with van der Waals surface area (Å²) < 4.78 is 19.4. The predicted molar refractivity (Wildman–Crippen MR) is 157 cm³/mol. The van der Waals surface area contributed by atoms with E-state index in [0.717, 1.165) is 35.6 Å². The van der Waals surface area contributed by atoms with Gasteiger partial charge in [0.1, 0.15) is 18.0 Å². The molecule has 4 heterocycles. The van der Waals surface area contributed by atoms with E-state index in [4.69, 9.17) is 18.9 Å². The highest BCUT2D eigenvalue weighted by atomic mass is 28.3. The van der Waals surface area contributed by atoms with Gasteiger partial charge in [-0.25, -0.2) is 14.8 Å². The minimum absolute atomic E-state index is 0.0321. The number of piperidine rings is 1. The summed E-state index contributed by atoms with van der Waals surface area (Å²) in [6.45, 7) is 14.8. The topological polar surface area (TPSA) is 124 Å². The van der Waals surface area contributed by atoms with Gasteiger partial charge in [-0.3, -0.25) is 4.79 Å². The zero-order chi connectivity index (χ0) is 29.1. The molecule has 1 aliphatic rings. The SMILES string of the molecule is CNC(=O)c1cnc(-c2cnc3c(ccn3COCC[Si](C)(C)C)c2N[C@@H]2CCCN(C(=O)OC(C)(C)C)C2)o1. The number of carbonyl (C=O) groups is 2. The first kappa shape index (κ1) is 29.6. The van der Waals surface area contributed by atoms with Gasteiger partial charge < -0.3 is 34.0 Å². The highest BCUT2D eigenvalue weighted by molar-refractivity contribution is 6.76. The molecule has 2 amide bonds. The van der Waals surface area contributed by atoms with Crippen molar-refractivity contribution in [3.05, 3.63) is 30.4 Å². The molecule has 2 N–H and O–H groups in total. The first-order valence-electron chi connectivity index (χ1n) is 13.8. The average Bonchev–Trinajstić information content (AvgIpc) is 3.53. The van der Waals surface area contributed by atoms with Gasteiger partial charge >= 0.3 is 6.09 Å². The van der Waals surface area contributed by atoms with Crippen molar-refractivity contribution in [2.45, 2.75) is 77.7 Å². The number of oxazole rings is 1. The average molecular weight is 571 g/mol. The largest absolute Gasteiger partial charge is 0.444 e. The predicted octanol–water partition coefficient (Wildman–Crippen LogP) is 5.17. The zero-order valence-electron chi connectivity index (χ0n) is 24.7. The molecule has 0 aromatic carbocycles. The molecule has 3 aromatic heterocycles. The van der Waals surface area contributed by atoms with Gasteiger partial charge in [0.2, 0.25) is 11.7 Å². The van der Waals surface area contributed by atoms with E-state index in [-0.39, 0.29) is 29.7 Å². The number of pyridine rings is 1. The quantitative estimate of drug-likeness (QED) is 0.267. The number of hydrogen-bond acceptors (Lipinski definition) is 8. The minimum Gasteiger partial charge on any atom is -0.444 e. The summed E-state index contributed by atoms with van der Waals surface area (Å²) in [4.78, 5) is 35.7. The van der Waals surface area contributed by atoms with Crippen molar-refractivity contribution in [3.8, 4) is 11.5 Å². The minimum atomic E-state index is -1.19. The molecule has 1 aliphatic heterocycles. The van der Waals surface area contributed by atoms with Gasteiger partial charge in [-0.2, -0.15) is 0 Å². The van der Waals surface area contributed by atoms with E-state index in [1.807, 2.05) is 37.6 Å². The molecule has 12 heteroatoms.